The van der Waals surface area contributed by atoms with Crippen molar-refractivity contribution in [3.63, 3.8) is 0 Å². The number of carbonyl (C=O) groups is 3. The van der Waals surface area contributed by atoms with Gasteiger partial charge in [0.2, 0.25) is 5.91 Å². The minimum atomic E-state index is -1.15. The van der Waals surface area contributed by atoms with Gasteiger partial charge in [0.1, 0.15) is 5.75 Å². The number of nitrogens with two attached hydrogens (primary N) is 1. The molecule has 0 saturated heterocycles. The summed E-state index contributed by atoms with van der Waals surface area (Å²) in [5.41, 5.74) is 8.01. The molecule has 0 aliphatic rings. The lowest BCUT2D eigenvalue weighted by Gasteiger charge is -2.26. The predicted molar refractivity (Wildman–Crippen MR) is 163 cm³/mol. The van der Waals surface area contributed by atoms with E-state index in [2.05, 4.69) is 10.6 Å². The molecule has 2 amide bonds. The van der Waals surface area contributed by atoms with Gasteiger partial charge < -0.3 is 30.4 Å². The molecule has 10 nitrogen and oxygen atoms in total. The molecule has 0 bridgehead atoms. The van der Waals surface area contributed by atoms with E-state index in [9.17, 15) is 19.5 Å². The first-order chi connectivity index (χ1) is 20.7. The number of phenols is 1. The Morgan fingerprint density at radius 3 is 2.23 bits per heavy atom. The lowest BCUT2D eigenvalue weighted by Crippen LogP contribution is -2.30. The van der Waals surface area contributed by atoms with Crippen LogP contribution in [0, 0.1) is 0 Å². The van der Waals surface area contributed by atoms with E-state index in [1.165, 1.54) is 38.3 Å². The minimum absolute atomic E-state index is 0.111. The van der Waals surface area contributed by atoms with Gasteiger partial charge in [-0.25, -0.2) is 4.79 Å². The van der Waals surface area contributed by atoms with E-state index in [1.807, 2.05) is 6.07 Å². The number of rotatable bonds is 11. The molecule has 4 rings (SSSR count). The van der Waals surface area contributed by atoms with Crippen molar-refractivity contribution in [2.75, 3.05) is 23.5 Å². The fourth-order valence-electron chi connectivity index (χ4n) is 4.09. The van der Waals surface area contributed by atoms with Crippen LogP contribution in [0.1, 0.15) is 28.9 Å². The van der Waals surface area contributed by atoms with Gasteiger partial charge in [-0.15, -0.1) is 0 Å². The van der Waals surface area contributed by atoms with Gasteiger partial charge in [-0.2, -0.15) is 0 Å². The number of hydrogen-bond donors (Lipinski definition) is 4. The third-order valence-electron chi connectivity index (χ3n) is 6.27. The Balaban J connectivity index is 1.66. The zero-order valence-electron chi connectivity index (χ0n) is 23.5. The molecular weight excluding hydrogens is 550 g/mol. The number of anilines is 3. The van der Waals surface area contributed by atoms with Crippen molar-refractivity contribution in [2.45, 2.75) is 19.1 Å². The molecule has 0 heterocycles. The van der Waals surface area contributed by atoms with Gasteiger partial charge in [-0.1, -0.05) is 36.4 Å². The molecule has 220 valence electrons. The minimum Gasteiger partial charge on any atom is -0.504 e. The average molecular weight is 582 g/mol. The number of carbonyl (C=O) groups excluding carboxylic acids is 3. The number of aromatic hydroxyl groups is 1. The second-order valence-corrected chi connectivity index (χ2v) is 9.35. The monoisotopic (exact) mass is 581 g/mol. The Labute approximate surface area is 248 Å². The van der Waals surface area contributed by atoms with Crippen molar-refractivity contribution >= 4 is 34.8 Å². The van der Waals surface area contributed by atoms with Crippen LogP contribution in [-0.2, 0) is 9.53 Å². The number of para-hydroxylation sites is 3. The SMILES string of the molecule is COc1ccc([C@@H](OC(=O)Nc2ccc(C(C)=O)cc2)[C@@H](/C=C/C(=O)Nc2ccccc2N)Oc2ccccc2)cc1O. The summed E-state index contributed by atoms with van der Waals surface area (Å²) in [5.74, 6) is -0.135. The first kappa shape index (κ1) is 30.2. The van der Waals surface area contributed by atoms with E-state index in [4.69, 9.17) is 19.9 Å². The van der Waals surface area contributed by atoms with Crippen LogP contribution in [0.2, 0.25) is 0 Å². The van der Waals surface area contributed by atoms with Crippen LogP contribution < -0.4 is 25.8 Å². The molecule has 0 saturated carbocycles. The lowest BCUT2D eigenvalue weighted by molar-refractivity contribution is -0.112. The number of nitrogens with one attached hydrogen (secondary N) is 2. The molecule has 2 atom stereocenters. The highest BCUT2D eigenvalue weighted by atomic mass is 16.6. The Bertz CT molecular complexity index is 1600. The number of Topliss-reactive ketones (excluding diaryl/α,β-unsaturated/α-hetero) is 1. The highest BCUT2D eigenvalue weighted by Crippen LogP contribution is 2.34. The van der Waals surface area contributed by atoms with Crippen LogP contribution in [0.5, 0.6) is 17.2 Å². The number of ketones is 1. The third kappa shape index (κ3) is 8.37. The molecule has 4 aromatic carbocycles. The fraction of sp³-hybridized carbons (Fsp3) is 0.121. The largest absolute Gasteiger partial charge is 0.504 e. The van der Waals surface area contributed by atoms with Crippen molar-refractivity contribution in [1.82, 2.24) is 0 Å². The number of hydrogen-bond acceptors (Lipinski definition) is 8. The van der Waals surface area contributed by atoms with E-state index in [0.29, 0.717) is 33.9 Å². The van der Waals surface area contributed by atoms with Crippen LogP contribution >= 0.6 is 0 Å². The molecule has 4 aromatic rings. The lowest BCUT2D eigenvalue weighted by atomic mass is 10.0. The quantitative estimate of drug-likeness (QED) is 0.0941. The topological polar surface area (TPSA) is 149 Å². The Morgan fingerprint density at radius 1 is 0.884 bits per heavy atom. The smallest absolute Gasteiger partial charge is 0.412 e. The molecule has 0 radical (unpaired) electrons. The number of methoxy groups -OCH3 is 1. The second-order valence-electron chi connectivity index (χ2n) is 9.35. The number of phenolic OH excluding ortho intramolecular Hbond substituents is 1. The predicted octanol–water partition coefficient (Wildman–Crippen LogP) is 6.12. The maximum absolute atomic E-state index is 13.1. The second kappa shape index (κ2) is 14.2. The Morgan fingerprint density at radius 2 is 1.58 bits per heavy atom. The normalized spacial score (nSPS) is 12.1. The molecule has 5 N–H and O–H groups in total. The maximum atomic E-state index is 13.1. The molecule has 0 fully saturated rings. The van der Waals surface area contributed by atoms with Gasteiger partial charge in [0.15, 0.2) is 29.5 Å². The van der Waals surface area contributed by atoms with Crippen molar-refractivity contribution in [3.8, 4) is 17.2 Å². The highest BCUT2D eigenvalue weighted by molar-refractivity contribution is 6.01. The van der Waals surface area contributed by atoms with Crippen LogP contribution in [0.25, 0.3) is 0 Å². The van der Waals surface area contributed by atoms with Crippen molar-refractivity contribution in [3.05, 3.63) is 120 Å². The summed E-state index contributed by atoms with van der Waals surface area (Å²) in [6, 6.07) is 26.4. The van der Waals surface area contributed by atoms with Crippen molar-refractivity contribution in [2.24, 2.45) is 0 Å². The molecule has 0 aliphatic carbocycles. The van der Waals surface area contributed by atoms with E-state index in [0.717, 1.165) is 0 Å². The van der Waals surface area contributed by atoms with Crippen molar-refractivity contribution in [1.29, 1.82) is 0 Å². The zero-order chi connectivity index (χ0) is 30.8. The maximum Gasteiger partial charge on any atom is 0.412 e. The number of ether oxygens (including phenoxy) is 3. The van der Waals surface area contributed by atoms with Crippen molar-refractivity contribution < 1.29 is 33.7 Å². The Kier molecular flexibility index (Phi) is 9.99. The van der Waals surface area contributed by atoms with Gasteiger partial charge in [-0.05, 0) is 73.7 Å². The summed E-state index contributed by atoms with van der Waals surface area (Å²) in [7, 11) is 1.41. The van der Waals surface area contributed by atoms with Crippen LogP contribution in [0.4, 0.5) is 21.9 Å². The zero-order valence-corrected chi connectivity index (χ0v) is 23.5. The van der Waals surface area contributed by atoms with Crippen LogP contribution in [0.3, 0.4) is 0 Å². The van der Waals surface area contributed by atoms with Gasteiger partial charge in [-0.3, -0.25) is 14.9 Å². The summed E-state index contributed by atoms with van der Waals surface area (Å²) in [4.78, 5) is 37.6. The fourth-order valence-corrected chi connectivity index (χ4v) is 4.09. The summed E-state index contributed by atoms with van der Waals surface area (Å²) in [5, 5.41) is 15.9. The van der Waals surface area contributed by atoms with E-state index in [-0.39, 0.29) is 17.3 Å². The molecular formula is C33H31N3O7. The van der Waals surface area contributed by atoms with Gasteiger partial charge in [0.05, 0.1) is 18.5 Å². The summed E-state index contributed by atoms with van der Waals surface area (Å²) >= 11 is 0. The van der Waals surface area contributed by atoms with Crippen LogP contribution in [-0.4, -0.2) is 36.1 Å². The summed E-state index contributed by atoms with van der Waals surface area (Å²) in [6.07, 6.45) is -0.340. The number of benzene rings is 4. The van der Waals surface area contributed by atoms with Gasteiger partial charge in [0, 0.05) is 22.9 Å². The average Bonchev–Trinajstić information content (AvgIpc) is 3.00. The summed E-state index contributed by atoms with van der Waals surface area (Å²) < 4.78 is 17.2. The summed E-state index contributed by atoms with van der Waals surface area (Å²) in [6.45, 7) is 1.45. The van der Waals surface area contributed by atoms with Gasteiger partial charge >= 0.3 is 6.09 Å². The van der Waals surface area contributed by atoms with E-state index < -0.39 is 24.2 Å². The molecule has 0 spiro atoms. The molecule has 43 heavy (non-hydrogen) atoms. The third-order valence-corrected chi connectivity index (χ3v) is 6.27. The molecule has 0 unspecified atom stereocenters. The molecule has 0 aromatic heterocycles. The standard InChI is InChI=1S/C33H31N3O7/c1-21(37)22-12-15-24(16-13-22)35-33(40)43-32(23-14-17-29(41-2)28(38)20-23)30(42-25-8-4-3-5-9-25)18-19-31(39)36-27-11-7-6-10-26(27)34/h3-20,30,32,38H,34H2,1-2H3,(H,35,40)(H,36,39)/b19-18+/t30-,32-/m1/s1. The van der Waals surface area contributed by atoms with Gasteiger partial charge in [0.25, 0.3) is 0 Å². The Hall–Kier alpha value is -5.77. The van der Waals surface area contributed by atoms with E-state index >= 15 is 0 Å². The molecule has 0 aliphatic heterocycles. The van der Waals surface area contributed by atoms with E-state index in [1.54, 1.807) is 78.9 Å². The highest BCUT2D eigenvalue weighted by Gasteiger charge is 2.29. The number of amides is 2. The number of nitrogen functional groups attached to an aromatic ring is 1. The molecule has 10 heteroatoms. The first-order valence-corrected chi connectivity index (χ1v) is 13.2. The first-order valence-electron chi connectivity index (χ1n) is 13.2. The van der Waals surface area contributed by atoms with Crippen LogP contribution in [0.15, 0.2) is 109 Å².